The summed E-state index contributed by atoms with van der Waals surface area (Å²) >= 11 is 6.02. The maximum absolute atomic E-state index is 10.7. The molecule has 0 aromatic heterocycles. The molecule has 0 saturated carbocycles. The van der Waals surface area contributed by atoms with Crippen molar-refractivity contribution in [3.63, 3.8) is 0 Å². The minimum Gasteiger partial charge on any atom is -0.381 e. The van der Waals surface area contributed by atoms with Gasteiger partial charge in [0.1, 0.15) is 0 Å². The van der Waals surface area contributed by atoms with E-state index in [0.717, 1.165) is 11.1 Å². The minimum absolute atomic E-state index is 0.00779. The van der Waals surface area contributed by atoms with Crippen LogP contribution in [0.4, 0.5) is 11.4 Å². The lowest BCUT2D eigenvalue weighted by molar-refractivity contribution is -0.384. The molecule has 0 saturated heterocycles. The first-order valence-corrected chi connectivity index (χ1v) is 6.20. The molecule has 5 nitrogen and oxygen atoms in total. The number of benzene rings is 1. The van der Waals surface area contributed by atoms with Gasteiger partial charge in [-0.3, -0.25) is 10.1 Å². The molecular formula is C13H17ClN2O3. The second kappa shape index (κ2) is 7.11. The monoisotopic (exact) mass is 284 g/mol. The molecule has 0 spiro atoms. The number of aryl methyl sites for hydroxylation is 1. The van der Waals surface area contributed by atoms with Crippen LogP contribution in [0.5, 0.6) is 0 Å². The first-order chi connectivity index (χ1) is 8.91. The third kappa shape index (κ3) is 4.89. The van der Waals surface area contributed by atoms with Crippen molar-refractivity contribution in [2.75, 3.05) is 25.1 Å². The largest absolute Gasteiger partial charge is 0.381 e. The Kier molecular flexibility index (Phi) is 5.79. The van der Waals surface area contributed by atoms with Crippen molar-refractivity contribution in [2.45, 2.75) is 13.8 Å². The lowest BCUT2D eigenvalue weighted by Crippen LogP contribution is -2.11. The molecule has 6 heteroatoms. The Bertz CT molecular complexity index is 466. The fraction of sp³-hybridized carbons (Fsp3) is 0.385. The van der Waals surface area contributed by atoms with Crippen LogP contribution in [0.1, 0.15) is 12.5 Å². The molecule has 0 fully saturated rings. The van der Waals surface area contributed by atoms with Crippen LogP contribution in [0.25, 0.3) is 0 Å². The average molecular weight is 285 g/mol. The van der Waals surface area contributed by atoms with E-state index in [1.807, 2.05) is 6.92 Å². The molecule has 0 unspecified atom stereocenters. The number of nitro groups is 1. The summed E-state index contributed by atoms with van der Waals surface area (Å²) in [5.41, 5.74) is 2.39. The van der Waals surface area contributed by atoms with E-state index in [0.29, 0.717) is 30.5 Å². The zero-order valence-corrected chi connectivity index (χ0v) is 11.8. The Hall–Kier alpha value is -1.59. The highest BCUT2D eigenvalue weighted by molar-refractivity contribution is 6.33. The normalized spacial score (nSPS) is 10.3. The number of halogens is 1. The Morgan fingerprint density at radius 2 is 2.26 bits per heavy atom. The van der Waals surface area contributed by atoms with E-state index in [1.54, 1.807) is 6.92 Å². The minimum atomic E-state index is -0.460. The fourth-order valence-corrected chi connectivity index (χ4v) is 1.88. The van der Waals surface area contributed by atoms with Crippen LogP contribution in [0.15, 0.2) is 24.3 Å². The van der Waals surface area contributed by atoms with Gasteiger partial charge in [-0.1, -0.05) is 23.8 Å². The number of ether oxygens (including phenoxy) is 1. The zero-order chi connectivity index (χ0) is 14.4. The van der Waals surface area contributed by atoms with E-state index in [2.05, 4.69) is 11.9 Å². The number of rotatable bonds is 7. The molecule has 1 N–H and O–H groups in total. The van der Waals surface area contributed by atoms with Crippen molar-refractivity contribution >= 4 is 23.0 Å². The summed E-state index contributed by atoms with van der Waals surface area (Å²) < 4.78 is 5.35. The smallest absolute Gasteiger partial charge is 0.271 e. The molecule has 1 aromatic carbocycles. The number of non-ortho nitro benzene ring substituents is 1. The molecule has 0 heterocycles. The van der Waals surface area contributed by atoms with E-state index in [4.69, 9.17) is 16.3 Å². The Balaban J connectivity index is 2.59. The molecule has 0 atom stereocenters. The number of nitrogens with one attached hydrogen (secondary N) is 1. The summed E-state index contributed by atoms with van der Waals surface area (Å²) in [5, 5.41) is 14.1. The molecule has 104 valence electrons. The van der Waals surface area contributed by atoms with Crippen molar-refractivity contribution in [3.05, 3.63) is 45.0 Å². The molecule has 0 aliphatic heterocycles. The quantitative estimate of drug-likeness (QED) is 0.360. The van der Waals surface area contributed by atoms with Gasteiger partial charge in [-0.2, -0.15) is 0 Å². The number of anilines is 1. The summed E-state index contributed by atoms with van der Waals surface area (Å²) in [6.07, 6.45) is 0. The lowest BCUT2D eigenvalue weighted by Gasteiger charge is -2.11. The summed E-state index contributed by atoms with van der Waals surface area (Å²) in [4.78, 5) is 10.2. The van der Waals surface area contributed by atoms with Crippen molar-refractivity contribution in [1.82, 2.24) is 0 Å². The lowest BCUT2D eigenvalue weighted by atomic mass is 10.2. The van der Waals surface area contributed by atoms with Gasteiger partial charge >= 0.3 is 0 Å². The van der Waals surface area contributed by atoms with Crippen molar-refractivity contribution < 1.29 is 9.66 Å². The van der Waals surface area contributed by atoms with Crippen LogP contribution in [-0.4, -0.2) is 24.7 Å². The number of hydrogen-bond donors (Lipinski definition) is 1. The van der Waals surface area contributed by atoms with Gasteiger partial charge in [0.2, 0.25) is 0 Å². The molecular weight excluding hydrogens is 268 g/mol. The molecule has 1 aromatic rings. The van der Waals surface area contributed by atoms with Crippen molar-refractivity contribution in [3.8, 4) is 0 Å². The topological polar surface area (TPSA) is 64.4 Å². The number of hydrogen-bond acceptors (Lipinski definition) is 4. The predicted octanol–water partition coefficient (Wildman–Crippen LogP) is 3.56. The van der Waals surface area contributed by atoms with Gasteiger partial charge in [0.25, 0.3) is 5.69 Å². The van der Waals surface area contributed by atoms with Crippen LogP contribution >= 0.6 is 11.6 Å². The SMILES string of the molecule is C=C(C)COCCNc1c(C)cc([N+](=O)[O-])cc1Cl. The van der Waals surface area contributed by atoms with Crippen LogP contribution in [0.2, 0.25) is 5.02 Å². The van der Waals surface area contributed by atoms with E-state index in [9.17, 15) is 10.1 Å². The predicted molar refractivity (Wildman–Crippen MR) is 77.0 cm³/mol. The molecule has 0 bridgehead atoms. The molecule has 0 aliphatic rings. The summed E-state index contributed by atoms with van der Waals surface area (Å²) in [6, 6.07) is 2.83. The molecule has 0 aliphatic carbocycles. The van der Waals surface area contributed by atoms with Crippen molar-refractivity contribution in [2.24, 2.45) is 0 Å². The maximum Gasteiger partial charge on any atom is 0.271 e. The fourth-order valence-electron chi connectivity index (χ4n) is 1.55. The highest BCUT2D eigenvalue weighted by Crippen LogP contribution is 2.30. The van der Waals surface area contributed by atoms with Gasteiger partial charge in [0, 0.05) is 18.7 Å². The molecule has 0 radical (unpaired) electrons. The Labute approximate surface area is 117 Å². The van der Waals surface area contributed by atoms with E-state index >= 15 is 0 Å². The van der Waals surface area contributed by atoms with Gasteiger partial charge in [-0.25, -0.2) is 0 Å². The third-order valence-corrected chi connectivity index (χ3v) is 2.68. The molecule has 1 rings (SSSR count). The first kappa shape index (κ1) is 15.5. The van der Waals surface area contributed by atoms with Crippen molar-refractivity contribution in [1.29, 1.82) is 0 Å². The molecule has 19 heavy (non-hydrogen) atoms. The van der Waals surface area contributed by atoms with E-state index < -0.39 is 4.92 Å². The van der Waals surface area contributed by atoms with Gasteiger partial charge in [-0.05, 0) is 19.4 Å². The number of nitro benzene ring substituents is 1. The average Bonchev–Trinajstić information content (AvgIpc) is 2.30. The van der Waals surface area contributed by atoms with Gasteiger partial charge < -0.3 is 10.1 Å². The maximum atomic E-state index is 10.7. The second-order valence-electron chi connectivity index (χ2n) is 4.31. The first-order valence-electron chi connectivity index (χ1n) is 5.82. The zero-order valence-electron chi connectivity index (χ0n) is 11.0. The standard InChI is InChI=1S/C13H17ClN2O3/c1-9(2)8-19-5-4-15-13-10(3)6-11(16(17)18)7-12(13)14/h6-7,15H,1,4-5,8H2,2-3H3. The van der Waals surface area contributed by atoms with Gasteiger partial charge in [0.05, 0.1) is 28.8 Å². The number of nitrogens with zero attached hydrogens (tertiary/aromatic N) is 1. The second-order valence-corrected chi connectivity index (χ2v) is 4.72. The van der Waals surface area contributed by atoms with Crippen LogP contribution < -0.4 is 5.32 Å². The third-order valence-electron chi connectivity index (χ3n) is 2.38. The highest BCUT2D eigenvalue weighted by atomic mass is 35.5. The molecule has 0 amide bonds. The summed E-state index contributed by atoms with van der Waals surface area (Å²) in [6.45, 7) is 9.01. The van der Waals surface area contributed by atoms with E-state index in [1.165, 1.54) is 12.1 Å². The van der Waals surface area contributed by atoms with Crippen LogP contribution in [-0.2, 0) is 4.74 Å². The van der Waals surface area contributed by atoms with Gasteiger partial charge in [-0.15, -0.1) is 0 Å². The summed E-state index contributed by atoms with van der Waals surface area (Å²) in [7, 11) is 0. The van der Waals surface area contributed by atoms with Crippen LogP contribution in [0.3, 0.4) is 0 Å². The van der Waals surface area contributed by atoms with E-state index in [-0.39, 0.29) is 5.69 Å². The van der Waals surface area contributed by atoms with Crippen LogP contribution in [0, 0.1) is 17.0 Å². The van der Waals surface area contributed by atoms with Gasteiger partial charge in [0.15, 0.2) is 0 Å². The summed E-state index contributed by atoms with van der Waals surface area (Å²) in [5.74, 6) is 0. The Morgan fingerprint density at radius 3 is 2.79 bits per heavy atom. The highest BCUT2D eigenvalue weighted by Gasteiger charge is 2.12. The Morgan fingerprint density at radius 1 is 1.58 bits per heavy atom.